The molecule has 0 aromatic heterocycles. The number of aliphatic hydroxyl groups excluding tert-OH is 1. The van der Waals surface area contributed by atoms with Gasteiger partial charge in [-0.15, -0.1) is 0 Å². The predicted molar refractivity (Wildman–Crippen MR) is 68.7 cm³/mol. The van der Waals surface area contributed by atoms with E-state index in [4.69, 9.17) is 5.26 Å². The van der Waals surface area contributed by atoms with E-state index in [1.165, 1.54) is 0 Å². The molecular formula is C13H23N3O2. The first kappa shape index (κ1) is 14.9. The summed E-state index contributed by atoms with van der Waals surface area (Å²) in [6.07, 6.45) is 0.997. The topological polar surface area (TPSA) is 67.6 Å². The van der Waals surface area contributed by atoms with Crippen molar-refractivity contribution in [3.63, 3.8) is 0 Å². The smallest absolute Gasteiger partial charge is 0.239 e. The molecule has 5 nitrogen and oxygen atoms in total. The number of carbonyl (C=O) groups is 1. The Hall–Kier alpha value is -1.12. The zero-order chi connectivity index (χ0) is 13.7. The fourth-order valence-corrected chi connectivity index (χ4v) is 2.36. The fraction of sp³-hybridized carbons (Fsp3) is 0.846. The van der Waals surface area contributed by atoms with Crippen molar-refractivity contribution in [1.29, 1.82) is 5.26 Å². The molecule has 5 heteroatoms. The summed E-state index contributed by atoms with van der Waals surface area (Å²) in [4.78, 5) is 15.9. The van der Waals surface area contributed by atoms with Crippen LogP contribution in [0, 0.1) is 17.2 Å². The summed E-state index contributed by atoms with van der Waals surface area (Å²) in [5.41, 5.74) is 0. The van der Waals surface area contributed by atoms with Crippen molar-refractivity contribution < 1.29 is 9.90 Å². The number of likely N-dealkylation sites (tertiary alicyclic amines) is 1. The third-order valence-corrected chi connectivity index (χ3v) is 3.78. The van der Waals surface area contributed by atoms with Gasteiger partial charge in [0.1, 0.15) is 0 Å². The molecule has 3 atom stereocenters. The van der Waals surface area contributed by atoms with E-state index in [1.807, 2.05) is 13.0 Å². The minimum absolute atomic E-state index is 0.0523. The van der Waals surface area contributed by atoms with E-state index in [0.29, 0.717) is 13.0 Å². The first-order chi connectivity index (χ1) is 8.47. The van der Waals surface area contributed by atoms with Gasteiger partial charge in [0.2, 0.25) is 5.91 Å². The molecule has 0 saturated carbocycles. The lowest BCUT2D eigenvalue weighted by atomic mass is 10.0. The Labute approximate surface area is 109 Å². The predicted octanol–water partition coefficient (Wildman–Crippen LogP) is 0.450. The lowest BCUT2D eigenvalue weighted by molar-refractivity contribution is -0.134. The molecule has 0 aromatic carbocycles. The third kappa shape index (κ3) is 3.69. The lowest BCUT2D eigenvalue weighted by Crippen LogP contribution is -2.45. The van der Waals surface area contributed by atoms with E-state index in [2.05, 4.69) is 4.90 Å². The van der Waals surface area contributed by atoms with Gasteiger partial charge in [0.05, 0.1) is 24.6 Å². The maximum atomic E-state index is 12.1. The zero-order valence-corrected chi connectivity index (χ0v) is 11.5. The number of hydrogen-bond donors (Lipinski definition) is 1. The van der Waals surface area contributed by atoms with Crippen LogP contribution in [0.3, 0.4) is 0 Å². The standard InChI is InChI=1S/C13H23N3O2/c1-10(13(18)15(3)7-4-6-14)16-8-5-12(9-16)11(2)17/h10-12,17H,4-5,7-9H2,1-3H3. The first-order valence-electron chi connectivity index (χ1n) is 6.51. The highest BCUT2D eigenvalue weighted by Gasteiger charge is 2.32. The number of hydrogen-bond acceptors (Lipinski definition) is 4. The van der Waals surface area contributed by atoms with Gasteiger partial charge in [-0.05, 0) is 32.7 Å². The van der Waals surface area contributed by atoms with Gasteiger partial charge in [-0.3, -0.25) is 9.69 Å². The van der Waals surface area contributed by atoms with Crippen LogP contribution in [-0.4, -0.2) is 59.6 Å². The molecule has 1 amide bonds. The molecule has 0 radical (unpaired) electrons. The molecule has 1 fully saturated rings. The number of rotatable bonds is 5. The van der Waals surface area contributed by atoms with Crippen LogP contribution in [0.1, 0.15) is 26.7 Å². The minimum Gasteiger partial charge on any atom is -0.393 e. The molecule has 0 bridgehead atoms. The molecule has 1 aliphatic heterocycles. The van der Waals surface area contributed by atoms with Gasteiger partial charge in [-0.1, -0.05) is 0 Å². The van der Waals surface area contributed by atoms with Crippen molar-refractivity contribution in [2.45, 2.75) is 38.8 Å². The number of nitriles is 1. The average molecular weight is 253 g/mol. The molecule has 102 valence electrons. The Morgan fingerprint density at radius 1 is 1.61 bits per heavy atom. The van der Waals surface area contributed by atoms with E-state index in [1.54, 1.807) is 18.9 Å². The SMILES string of the molecule is CC(O)C1CCN(C(C)C(=O)N(C)CCC#N)C1. The number of nitrogens with zero attached hydrogens (tertiary/aromatic N) is 3. The maximum Gasteiger partial charge on any atom is 0.239 e. The molecule has 0 aromatic rings. The van der Waals surface area contributed by atoms with Crippen molar-refractivity contribution >= 4 is 5.91 Å². The normalized spacial score (nSPS) is 23.4. The van der Waals surface area contributed by atoms with E-state index < -0.39 is 0 Å². The summed E-state index contributed by atoms with van der Waals surface area (Å²) in [5.74, 6) is 0.321. The molecular weight excluding hydrogens is 230 g/mol. The molecule has 0 spiro atoms. The Balaban J connectivity index is 2.47. The second-order valence-electron chi connectivity index (χ2n) is 5.13. The van der Waals surface area contributed by atoms with Gasteiger partial charge < -0.3 is 10.0 Å². The van der Waals surface area contributed by atoms with Crippen molar-refractivity contribution in [2.24, 2.45) is 5.92 Å². The Morgan fingerprint density at radius 2 is 2.28 bits per heavy atom. The van der Waals surface area contributed by atoms with Crippen molar-refractivity contribution in [2.75, 3.05) is 26.7 Å². The highest BCUT2D eigenvalue weighted by atomic mass is 16.3. The van der Waals surface area contributed by atoms with Gasteiger partial charge in [0.15, 0.2) is 0 Å². The van der Waals surface area contributed by atoms with Gasteiger partial charge in [-0.25, -0.2) is 0 Å². The molecule has 18 heavy (non-hydrogen) atoms. The van der Waals surface area contributed by atoms with Crippen molar-refractivity contribution in [3.05, 3.63) is 0 Å². The summed E-state index contributed by atoms with van der Waals surface area (Å²) >= 11 is 0. The first-order valence-corrected chi connectivity index (χ1v) is 6.51. The van der Waals surface area contributed by atoms with E-state index in [9.17, 15) is 9.90 Å². The van der Waals surface area contributed by atoms with Crippen molar-refractivity contribution in [3.8, 4) is 6.07 Å². The minimum atomic E-state index is -0.311. The van der Waals surface area contributed by atoms with Gasteiger partial charge in [-0.2, -0.15) is 5.26 Å². The Morgan fingerprint density at radius 3 is 2.78 bits per heavy atom. The summed E-state index contributed by atoms with van der Waals surface area (Å²) in [5, 5.41) is 18.1. The van der Waals surface area contributed by atoms with Crippen LogP contribution in [0.4, 0.5) is 0 Å². The van der Waals surface area contributed by atoms with Gasteiger partial charge in [0, 0.05) is 20.1 Å². The number of aliphatic hydroxyl groups is 1. The fourth-order valence-electron chi connectivity index (χ4n) is 2.36. The summed E-state index contributed by atoms with van der Waals surface area (Å²) in [6.45, 7) is 5.81. The highest BCUT2D eigenvalue weighted by molar-refractivity contribution is 5.81. The maximum absolute atomic E-state index is 12.1. The monoisotopic (exact) mass is 253 g/mol. The average Bonchev–Trinajstić information content (AvgIpc) is 2.83. The van der Waals surface area contributed by atoms with Gasteiger partial charge in [0.25, 0.3) is 0 Å². The van der Waals surface area contributed by atoms with Crippen LogP contribution < -0.4 is 0 Å². The molecule has 0 aliphatic carbocycles. The van der Waals surface area contributed by atoms with Crippen LogP contribution in [-0.2, 0) is 4.79 Å². The van der Waals surface area contributed by atoms with Crippen molar-refractivity contribution in [1.82, 2.24) is 9.80 Å². The molecule has 1 saturated heterocycles. The molecule has 1 heterocycles. The van der Waals surface area contributed by atoms with Crippen LogP contribution in [0.25, 0.3) is 0 Å². The Kier molecular flexibility index (Phi) is 5.57. The van der Waals surface area contributed by atoms with Crippen LogP contribution in [0.15, 0.2) is 0 Å². The van der Waals surface area contributed by atoms with E-state index in [-0.39, 0.29) is 24.0 Å². The number of amides is 1. The second kappa shape index (κ2) is 6.72. The third-order valence-electron chi connectivity index (χ3n) is 3.78. The molecule has 1 rings (SSSR count). The largest absolute Gasteiger partial charge is 0.393 e. The summed E-state index contributed by atoms with van der Waals surface area (Å²) < 4.78 is 0. The highest BCUT2D eigenvalue weighted by Crippen LogP contribution is 2.22. The number of carbonyl (C=O) groups excluding carboxylic acids is 1. The van der Waals surface area contributed by atoms with Crippen LogP contribution in [0.5, 0.6) is 0 Å². The summed E-state index contributed by atoms with van der Waals surface area (Å²) in [6, 6.07) is 1.87. The second-order valence-corrected chi connectivity index (χ2v) is 5.13. The number of likely N-dealkylation sites (N-methyl/N-ethyl adjacent to an activating group) is 1. The molecule has 1 N–H and O–H groups in total. The quantitative estimate of drug-likeness (QED) is 0.772. The molecule has 1 aliphatic rings. The lowest BCUT2D eigenvalue weighted by Gasteiger charge is -2.27. The molecule has 3 unspecified atom stereocenters. The van der Waals surface area contributed by atoms with Crippen LogP contribution in [0.2, 0.25) is 0 Å². The van der Waals surface area contributed by atoms with Gasteiger partial charge >= 0.3 is 0 Å². The van der Waals surface area contributed by atoms with E-state index in [0.717, 1.165) is 19.5 Å². The Bertz CT molecular complexity index is 325. The van der Waals surface area contributed by atoms with Crippen LogP contribution >= 0.6 is 0 Å². The van der Waals surface area contributed by atoms with E-state index >= 15 is 0 Å². The zero-order valence-electron chi connectivity index (χ0n) is 11.5. The summed E-state index contributed by atoms with van der Waals surface area (Å²) in [7, 11) is 1.73.